The first-order valence-corrected chi connectivity index (χ1v) is 6.37. The van der Waals surface area contributed by atoms with Gasteiger partial charge in [0.2, 0.25) is 0 Å². The number of nitriles is 2. The molecule has 0 amide bonds. The number of hydrogen-bond acceptors (Lipinski definition) is 4. The van der Waals surface area contributed by atoms with E-state index in [-0.39, 0.29) is 5.57 Å². The predicted molar refractivity (Wildman–Crippen MR) is 75.6 cm³/mol. The molecule has 1 aromatic rings. The molecule has 0 aromatic heterocycles. The van der Waals surface area contributed by atoms with Gasteiger partial charge in [-0.25, -0.2) is 0 Å². The SMILES string of the molecule is Cc1c(NC=C(C#N)C#N)cccc1N1CCCC1. The molecule has 0 spiro atoms. The van der Waals surface area contributed by atoms with Crippen LogP contribution in [-0.2, 0) is 0 Å². The molecule has 1 heterocycles. The fraction of sp³-hybridized carbons (Fsp3) is 0.333. The second-order valence-corrected chi connectivity index (χ2v) is 4.57. The van der Waals surface area contributed by atoms with Crippen LogP contribution in [0.4, 0.5) is 11.4 Å². The third-order valence-corrected chi connectivity index (χ3v) is 3.36. The molecule has 4 nitrogen and oxygen atoms in total. The Morgan fingerprint density at radius 1 is 1.26 bits per heavy atom. The summed E-state index contributed by atoms with van der Waals surface area (Å²) in [5.74, 6) is 0. The second-order valence-electron chi connectivity index (χ2n) is 4.57. The number of anilines is 2. The maximum Gasteiger partial charge on any atom is 0.145 e. The molecule has 4 heteroatoms. The van der Waals surface area contributed by atoms with Gasteiger partial charge in [0.05, 0.1) is 0 Å². The van der Waals surface area contributed by atoms with Gasteiger partial charge in [0.25, 0.3) is 0 Å². The summed E-state index contributed by atoms with van der Waals surface area (Å²) < 4.78 is 0. The van der Waals surface area contributed by atoms with Gasteiger partial charge < -0.3 is 10.2 Å². The van der Waals surface area contributed by atoms with Crippen molar-refractivity contribution in [2.75, 3.05) is 23.3 Å². The molecule has 0 unspecified atom stereocenters. The van der Waals surface area contributed by atoms with E-state index >= 15 is 0 Å². The van der Waals surface area contributed by atoms with Crippen molar-refractivity contribution < 1.29 is 0 Å². The van der Waals surface area contributed by atoms with E-state index in [1.807, 2.05) is 24.3 Å². The summed E-state index contributed by atoms with van der Waals surface area (Å²) in [6.07, 6.45) is 3.93. The summed E-state index contributed by atoms with van der Waals surface area (Å²) in [6, 6.07) is 9.74. The van der Waals surface area contributed by atoms with Crippen LogP contribution in [0.2, 0.25) is 0 Å². The first-order chi connectivity index (χ1) is 9.26. The Morgan fingerprint density at radius 3 is 2.58 bits per heavy atom. The highest BCUT2D eigenvalue weighted by atomic mass is 15.1. The lowest BCUT2D eigenvalue weighted by molar-refractivity contribution is 0.949. The lowest BCUT2D eigenvalue weighted by Crippen LogP contribution is -2.18. The van der Waals surface area contributed by atoms with Gasteiger partial charge in [0, 0.05) is 30.7 Å². The monoisotopic (exact) mass is 252 g/mol. The first kappa shape index (κ1) is 13.0. The van der Waals surface area contributed by atoms with Gasteiger partial charge in [0.15, 0.2) is 0 Å². The minimum Gasteiger partial charge on any atom is -0.371 e. The number of nitrogens with one attached hydrogen (secondary N) is 1. The van der Waals surface area contributed by atoms with Gasteiger partial charge >= 0.3 is 0 Å². The normalized spacial score (nSPS) is 13.5. The smallest absolute Gasteiger partial charge is 0.145 e. The third kappa shape index (κ3) is 2.86. The Morgan fingerprint density at radius 2 is 1.95 bits per heavy atom. The average molecular weight is 252 g/mol. The number of benzene rings is 1. The van der Waals surface area contributed by atoms with E-state index in [0.29, 0.717) is 0 Å². The zero-order chi connectivity index (χ0) is 13.7. The van der Waals surface area contributed by atoms with Crippen LogP contribution in [0, 0.1) is 29.6 Å². The van der Waals surface area contributed by atoms with Crippen molar-refractivity contribution in [3.05, 3.63) is 35.5 Å². The first-order valence-electron chi connectivity index (χ1n) is 6.37. The molecule has 19 heavy (non-hydrogen) atoms. The lowest BCUT2D eigenvalue weighted by Gasteiger charge is -2.21. The van der Waals surface area contributed by atoms with Gasteiger partial charge in [-0.2, -0.15) is 10.5 Å². The highest BCUT2D eigenvalue weighted by molar-refractivity contribution is 5.67. The van der Waals surface area contributed by atoms with Crippen LogP contribution >= 0.6 is 0 Å². The van der Waals surface area contributed by atoms with Gasteiger partial charge in [-0.05, 0) is 37.5 Å². The van der Waals surface area contributed by atoms with E-state index in [2.05, 4.69) is 23.2 Å². The van der Waals surface area contributed by atoms with E-state index in [1.165, 1.54) is 24.7 Å². The quantitative estimate of drug-likeness (QED) is 0.840. The number of hydrogen-bond donors (Lipinski definition) is 1. The van der Waals surface area contributed by atoms with Gasteiger partial charge in [0.1, 0.15) is 17.7 Å². The zero-order valence-electron chi connectivity index (χ0n) is 11.0. The summed E-state index contributed by atoms with van der Waals surface area (Å²) in [4.78, 5) is 2.37. The van der Waals surface area contributed by atoms with Crippen molar-refractivity contribution >= 4 is 11.4 Å². The maximum absolute atomic E-state index is 8.71. The highest BCUT2D eigenvalue weighted by Crippen LogP contribution is 2.29. The maximum atomic E-state index is 8.71. The lowest BCUT2D eigenvalue weighted by atomic mass is 10.1. The fourth-order valence-corrected chi connectivity index (χ4v) is 2.32. The Bertz CT molecular complexity index is 553. The van der Waals surface area contributed by atoms with Crippen LogP contribution in [0.1, 0.15) is 18.4 Å². The van der Waals surface area contributed by atoms with Crippen molar-refractivity contribution in [3.63, 3.8) is 0 Å². The van der Waals surface area contributed by atoms with Crippen LogP contribution in [0.25, 0.3) is 0 Å². The van der Waals surface area contributed by atoms with Crippen LogP contribution < -0.4 is 10.2 Å². The van der Waals surface area contributed by atoms with Gasteiger partial charge in [-0.1, -0.05) is 6.07 Å². The summed E-state index contributed by atoms with van der Waals surface area (Å²) in [6.45, 7) is 4.26. The Labute approximate surface area is 113 Å². The molecule has 0 bridgehead atoms. The Kier molecular flexibility index (Phi) is 4.05. The van der Waals surface area contributed by atoms with Crippen molar-refractivity contribution in [1.29, 1.82) is 10.5 Å². The zero-order valence-corrected chi connectivity index (χ0v) is 11.0. The van der Waals surface area contributed by atoms with Crippen molar-refractivity contribution in [2.24, 2.45) is 0 Å². The van der Waals surface area contributed by atoms with Crippen LogP contribution in [0.5, 0.6) is 0 Å². The van der Waals surface area contributed by atoms with Crippen LogP contribution in [-0.4, -0.2) is 13.1 Å². The highest BCUT2D eigenvalue weighted by Gasteiger charge is 2.15. The molecule has 1 aliphatic heterocycles. The van der Waals surface area contributed by atoms with Crippen molar-refractivity contribution in [2.45, 2.75) is 19.8 Å². The van der Waals surface area contributed by atoms with Crippen LogP contribution in [0.15, 0.2) is 30.0 Å². The minimum atomic E-state index is 0.0750. The molecule has 0 aliphatic carbocycles. The van der Waals surface area contributed by atoms with Gasteiger partial charge in [-0.3, -0.25) is 0 Å². The number of allylic oxidation sites excluding steroid dienone is 1. The average Bonchev–Trinajstić information content (AvgIpc) is 2.95. The standard InChI is InChI=1S/C15H16N4/c1-12-14(18-11-13(9-16)10-17)5-4-6-15(12)19-7-2-3-8-19/h4-6,11,18H,2-3,7-8H2,1H3. The molecule has 1 saturated heterocycles. The molecule has 2 rings (SSSR count). The molecule has 96 valence electrons. The van der Waals surface area contributed by atoms with E-state index in [1.54, 1.807) is 0 Å². The molecular weight excluding hydrogens is 236 g/mol. The molecule has 0 saturated carbocycles. The summed E-state index contributed by atoms with van der Waals surface area (Å²) >= 11 is 0. The molecule has 1 aromatic carbocycles. The molecule has 0 radical (unpaired) electrons. The summed E-state index contributed by atoms with van der Waals surface area (Å²) in [7, 11) is 0. The second kappa shape index (κ2) is 5.93. The fourth-order valence-electron chi connectivity index (χ4n) is 2.32. The van der Waals surface area contributed by atoms with E-state index in [0.717, 1.165) is 24.3 Å². The molecule has 1 aliphatic rings. The number of rotatable bonds is 3. The van der Waals surface area contributed by atoms with E-state index < -0.39 is 0 Å². The van der Waals surface area contributed by atoms with E-state index in [9.17, 15) is 0 Å². The van der Waals surface area contributed by atoms with Gasteiger partial charge in [-0.15, -0.1) is 0 Å². The third-order valence-electron chi connectivity index (χ3n) is 3.36. The number of nitrogens with zero attached hydrogens (tertiary/aromatic N) is 3. The Hall–Kier alpha value is -2.46. The molecular formula is C15H16N4. The molecule has 1 fully saturated rings. The topological polar surface area (TPSA) is 62.9 Å². The molecule has 1 N–H and O–H groups in total. The summed E-state index contributed by atoms with van der Waals surface area (Å²) in [5, 5.41) is 20.5. The largest absolute Gasteiger partial charge is 0.371 e. The van der Waals surface area contributed by atoms with Crippen LogP contribution in [0.3, 0.4) is 0 Å². The minimum absolute atomic E-state index is 0.0750. The summed E-state index contributed by atoms with van der Waals surface area (Å²) in [5.41, 5.74) is 3.39. The van der Waals surface area contributed by atoms with Crippen molar-refractivity contribution in [3.8, 4) is 12.1 Å². The predicted octanol–water partition coefficient (Wildman–Crippen LogP) is 2.94. The Balaban J connectivity index is 2.23. The molecule has 0 atom stereocenters. The van der Waals surface area contributed by atoms with Crippen molar-refractivity contribution in [1.82, 2.24) is 0 Å². The van der Waals surface area contributed by atoms with E-state index in [4.69, 9.17) is 10.5 Å².